The van der Waals surface area contributed by atoms with Crippen molar-refractivity contribution in [3.05, 3.63) is 29.8 Å². The summed E-state index contributed by atoms with van der Waals surface area (Å²) in [5, 5.41) is 2.76. The van der Waals surface area contributed by atoms with E-state index < -0.39 is 12.0 Å². The van der Waals surface area contributed by atoms with E-state index in [1.807, 2.05) is 19.9 Å². The fraction of sp³-hybridized carbons (Fsp3) is 0.609. The number of para-hydroxylation sites is 1. The van der Waals surface area contributed by atoms with Gasteiger partial charge in [-0.25, -0.2) is 0 Å². The van der Waals surface area contributed by atoms with E-state index in [0.29, 0.717) is 36.9 Å². The molecule has 1 aromatic carbocycles. The minimum Gasteiger partial charge on any atom is -0.492 e. The first kappa shape index (κ1) is 22.1. The van der Waals surface area contributed by atoms with Gasteiger partial charge in [-0.3, -0.25) is 14.4 Å². The molecule has 1 aromatic rings. The molecule has 30 heavy (non-hydrogen) atoms. The van der Waals surface area contributed by atoms with Crippen molar-refractivity contribution in [2.45, 2.75) is 64.5 Å². The van der Waals surface area contributed by atoms with Crippen molar-refractivity contribution in [2.24, 2.45) is 5.92 Å². The Bertz CT molecular complexity index is 758. The first-order valence-corrected chi connectivity index (χ1v) is 11.0. The van der Waals surface area contributed by atoms with Crippen LogP contribution in [0.2, 0.25) is 0 Å². The molecule has 1 aliphatic heterocycles. The van der Waals surface area contributed by atoms with Gasteiger partial charge in [0.1, 0.15) is 17.9 Å². The summed E-state index contributed by atoms with van der Waals surface area (Å²) < 4.78 is 11.4. The Morgan fingerprint density at radius 1 is 1.17 bits per heavy atom. The molecule has 1 unspecified atom stereocenters. The van der Waals surface area contributed by atoms with Gasteiger partial charge in [0.2, 0.25) is 5.91 Å². The topological polar surface area (TPSA) is 84.9 Å². The molecule has 1 saturated carbocycles. The number of carbonyl (C=O) groups excluding carboxylic acids is 3. The maximum Gasteiger partial charge on any atom is 0.308 e. The molecular formula is C23H32N2O5. The third-order valence-corrected chi connectivity index (χ3v) is 5.49. The number of rotatable bonds is 7. The smallest absolute Gasteiger partial charge is 0.308 e. The maximum atomic E-state index is 13.3. The Morgan fingerprint density at radius 2 is 1.90 bits per heavy atom. The standard InChI is InChI=1S/C23H32N2O5/c1-16(2)15-29-20-11-7-6-10-18(20)23(28)25-13-12-24-22(27)19(25)14-21(26)30-17-8-4-3-5-9-17/h6-7,10-11,16-17,19H,3-5,8-9,12-15H2,1-2H3,(H,24,27). The quantitative estimate of drug-likeness (QED) is 0.691. The van der Waals surface area contributed by atoms with E-state index in [1.165, 1.54) is 11.3 Å². The molecule has 2 fully saturated rings. The Morgan fingerprint density at radius 3 is 2.63 bits per heavy atom. The highest BCUT2D eigenvalue weighted by Gasteiger charge is 2.37. The van der Waals surface area contributed by atoms with Crippen molar-refractivity contribution < 1.29 is 23.9 Å². The molecule has 1 heterocycles. The zero-order chi connectivity index (χ0) is 21.5. The first-order valence-electron chi connectivity index (χ1n) is 11.0. The number of piperazine rings is 1. The predicted octanol–water partition coefficient (Wildman–Crippen LogP) is 2.93. The summed E-state index contributed by atoms with van der Waals surface area (Å²) in [6.45, 7) is 5.25. The molecule has 7 heteroatoms. The molecule has 1 saturated heterocycles. The molecule has 2 aliphatic rings. The van der Waals surface area contributed by atoms with Crippen LogP contribution in [0.4, 0.5) is 0 Å². The molecule has 0 aromatic heterocycles. The van der Waals surface area contributed by atoms with Crippen molar-refractivity contribution >= 4 is 17.8 Å². The maximum absolute atomic E-state index is 13.3. The Hall–Kier alpha value is -2.57. The Kier molecular flexibility index (Phi) is 7.71. The van der Waals surface area contributed by atoms with Gasteiger partial charge in [0, 0.05) is 13.1 Å². The highest BCUT2D eigenvalue weighted by molar-refractivity contribution is 6.01. The summed E-state index contributed by atoms with van der Waals surface area (Å²) >= 11 is 0. The van der Waals surface area contributed by atoms with Crippen LogP contribution in [0.25, 0.3) is 0 Å². The third-order valence-electron chi connectivity index (χ3n) is 5.49. The van der Waals surface area contributed by atoms with Crippen LogP contribution in [0, 0.1) is 5.92 Å². The summed E-state index contributed by atoms with van der Waals surface area (Å²) in [7, 11) is 0. The van der Waals surface area contributed by atoms with Crippen LogP contribution in [-0.4, -0.2) is 54.5 Å². The summed E-state index contributed by atoms with van der Waals surface area (Å²) in [6.07, 6.45) is 4.80. The van der Waals surface area contributed by atoms with Crippen LogP contribution in [0.5, 0.6) is 5.75 Å². The fourth-order valence-corrected chi connectivity index (χ4v) is 3.92. The van der Waals surface area contributed by atoms with Gasteiger partial charge < -0.3 is 19.7 Å². The van der Waals surface area contributed by atoms with Crippen LogP contribution in [-0.2, 0) is 14.3 Å². The van der Waals surface area contributed by atoms with Gasteiger partial charge in [-0.05, 0) is 43.7 Å². The van der Waals surface area contributed by atoms with E-state index in [2.05, 4.69) is 5.32 Å². The number of hydrogen-bond acceptors (Lipinski definition) is 5. The second-order valence-electron chi connectivity index (χ2n) is 8.46. The predicted molar refractivity (Wildman–Crippen MR) is 112 cm³/mol. The molecule has 1 N–H and O–H groups in total. The van der Waals surface area contributed by atoms with Gasteiger partial charge in [-0.2, -0.15) is 0 Å². The highest BCUT2D eigenvalue weighted by Crippen LogP contribution is 2.24. The minimum atomic E-state index is -0.875. The van der Waals surface area contributed by atoms with Crippen LogP contribution >= 0.6 is 0 Å². The molecule has 0 bridgehead atoms. The van der Waals surface area contributed by atoms with Crippen LogP contribution in [0.1, 0.15) is 62.7 Å². The lowest BCUT2D eigenvalue weighted by Gasteiger charge is -2.35. The van der Waals surface area contributed by atoms with Gasteiger partial charge in [0.25, 0.3) is 5.91 Å². The number of hydrogen-bond donors (Lipinski definition) is 1. The van der Waals surface area contributed by atoms with Gasteiger partial charge >= 0.3 is 5.97 Å². The van der Waals surface area contributed by atoms with Crippen LogP contribution < -0.4 is 10.1 Å². The van der Waals surface area contributed by atoms with Crippen molar-refractivity contribution in [1.29, 1.82) is 0 Å². The van der Waals surface area contributed by atoms with Gasteiger partial charge in [-0.1, -0.05) is 32.4 Å². The van der Waals surface area contributed by atoms with E-state index in [4.69, 9.17) is 9.47 Å². The van der Waals surface area contributed by atoms with E-state index in [1.54, 1.807) is 18.2 Å². The van der Waals surface area contributed by atoms with Gasteiger partial charge in [0.05, 0.1) is 18.6 Å². The second kappa shape index (κ2) is 10.5. The molecule has 1 aliphatic carbocycles. The van der Waals surface area contributed by atoms with E-state index >= 15 is 0 Å². The average Bonchev–Trinajstić information content (AvgIpc) is 2.74. The number of nitrogens with one attached hydrogen (secondary N) is 1. The van der Waals surface area contributed by atoms with E-state index in [0.717, 1.165) is 25.7 Å². The summed E-state index contributed by atoms with van der Waals surface area (Å²) in [5.74, 6) is -0.247. The number of ether oxygens (including phenoxy) is 2. The van der Waals surface area contributed by atoms with E-state index in [9.17, 15) is 14.4 Å². The number of esters is 1. The lowest BCUT2D eigenvalue weighted by Crippen LogP contribution is -2.58. The fourth-order valence-electron chi connectivity index (χ4n) is 3.92. The molecule has 164 valence electrons. The van der Waals surface area contributed by atoms with Gasteiger partial charge in [-0.15, -0.1) is 0 Å². The van der Waals surface area contributed by atoms with Crippen molar-refractivity contribution in [3.63, 3.8) is 0 Å². The molecule has 0 spiro atoms. The third kappa shape index (κ3) is 5.74. The van der Waals surface area contributed by atoms with Gasteiger partial charge in [0.15, 0.2) is 0 Å². The SMILES string of the molecule is CC(C)COc1ccccc1C(=O)N1CCNC(=O)C1CC(=O)OC1CCCCC1. The Balaban J connectivity index is 1.71. The average molecular weight is 417 g/mol. The zero-order valence-corrected chi connectivity index (χ0v) is 17.9. The number of benzene rings is 1. The largest absolute Gasteiger partial charge is 0.492 e. The van der Waals surface area contributed by atoms with Crippen molar-refractivity contribution in [1.82, 2.24) is 10.2 Å². The van der Waals surface area contributed by atoms with E-state index in [-0.39, 0.29) is 24.3 Å². The number of nitrogens with zero attached hydrogens (tertiary/aromatic N) is 1. The Labute approximate surface area is 178 Å². The lowest BCUT2D eigenvalue weighted by molar-refractivity contribution is -0.153. The molecule has 3 rings (SSSR count). The number of carbonyl (C=O) groups is 3. The minimum absolute atomic E-state index is 0.0767. The molecular weight excluding hydrogens is 384 g/mol. The molecule has 1 atom stereocenters. The molecule has 7 nitrogen and oxygen atoms in total. The van der Waals surface area contributed by atoms with Crippen molar-refractivity contribution in [3.8, 4) is 5.75 Å². The highest BCUT2D eigenvalue weighted by atomic mass is 16.5. The first-order chi connectivity index (χ1) is 14.5. The van der Waals surface area contributed by atoms with Crippen molar-refractivity contribution in [2.75, 3.05) is 19.7 Å². The molecule has 0 radical (unpaired) electrons. The normalized spacial score (nSPS) is 20.0. The number of amides is 2. The molecule has 2 amide bonds. The zero-order valence-electron chi connectivity index (χ0n) is 17.9. The second-order valence-corrected chi connectivity index (χ2v) is 8.46. The summed E-state index contributed by atoms with van der Waals surface area (Å²) in [6, 6.07) is 6.16. The summed E-state index contributed by atoms with van der Waals surface area (Å²) in [4.78, 5) is 39.8. The summed E-state index contributed by atoms with van der Waals surface area (Å²) in [5.41, 5.74) is 0.401. The lowest BCUT2D eigenvalue weighted by atomic mass is 9.98. The monoisotopic (exact) mass is 416 g/mol. The van der Waals surface area contributed by atoms with Crippen LogP contribution in [0.15, 0.2) is 24.3 Å². The van der Waals surface area contributed by atoms with Crippen LogP contribution in [0.3, 0.4) is 0 Å².